The molecule has 170 valence electrons. The smallest absolute Gasteiger partial charge is 0.123 e. The highest BCUT2D eigenvalue weighted by Gasteiger charge is 2.20. The molecule has 6 nitrogen and oxygen atoms in total. The van der Waals surface area contributed by atoms with E-state index in [1.165, 1.54) is 12.8 Å². The fourth-order valence-electron chi connectivity index (χ4n) is 4.77. The Morgan fingerprint density at radius 3 is 1.44 bits per heavy atom. The summed E-state index contributed by atoms with van der Waals surface area (Å²) < 4.78 is 0. The highest BCUT2D eigenvalue weighted by Crippen LogP contribution is 2.25. The van der Waals surface area contributed by atoms with Gasteiger partial charge in [0.2, 0.25) is 0 Å². The Kier molecular flexibility index (Phi) is 5.72. The summed E-state index contributed by atoms with van der Waals surface area (Å²) in [5.41, 5.74) is 6.32. The largest absolute Gasteiger partial charge is 0.341 e. The maximum absolute atomic E-state index is 4.57. The predicted octanol–water partition coefficient (Wildman–Crippen LogP) is 4.72. The van der Waals surface area contributed by atoms with Crippen LogP contribution in [-0.2, 0) is 0 Å². The van der Waals surface area contributed by atoms with E-state index in [4.69, 9.17) is 0 Å². The molecule has 34 heavy (non-hydrogen) atoms. The topological polar surface area (TPSA) is 81.4 Å². The van der Waals surface area contributed by atoms with Gasteiger partial charge in [-0.15, -0.1) is 0 Å². The van der Waals surface area contributed by atoms with Gasteiger partial charge < -0.3 is 20.6 Å². The van der Waals surface area contributed by atoms with Crippen molar-refractivity contribution < 1.29 is 0 Å². The Morgan fingerprint density at radius 1 is 0.618 bits per heavy atom. The van der Waals surface area contributed by atoms with Crippen LogP contribution in [0.2, 0.25) is 0 Å². The lowest BCUT2D eigenvalue weighted by Crippen LogP contribution is -2.14. The van der Waals surface area contributed by atoms with Crippen molar-refractivity contribution >= 4 is 0 Å². The van der Waals surface area contributed by atoms with Crippen LogP contribution in [0.3, 0.4) is 0 Å². The highest BCUT2D eigenvalue weighted by molar-refractivity contribution is 5.62. The van der Waals surface area contributed by atoms with Crippen LogP contribution in [0.25, 0.3) is 22.5 Å². The van der Waals surface area contributed by atoms with E-state index in [2.05, 4.69) is 90.9 Å². The molecular weight excluding hydrogens is 420 g/mol. The average Bonchev–Trinajstić information content (AvgIpc) is 3.70. The second-order valence-corrected chi connectivity index (χ2v) is 9.07. The first-order valence-electron chi connectivity index (χ1n) is 12.1. The molecule has 4 N–H and O–H groups in total. The number of benzene rings is 2. The molecule has 0 spiro atoms. The second kappa shape index (κ2) is 9.30. The van der Waals surface area contributed by atoms with E-state index < -0.39 is 0 Å². The van der Waals surface area contributed by atoms with Crippen LogP contribution in [0.5, 0.6) is 0 Å². The molecule has 0 amide bonds. The third-order valence-electron chi connectivity index (χ3n) is 6.71. The monoisotopic (exact) mass is 448 g/mol. The molecule has 2 unspecified atom stereocenters. The lowest BCUT2D eigenvalue weighted by Gasteiger charge is -2.05. The van der Waals surface area contributed by atoms with Crippen molar-refractivity contribution in [2.75, 3.05) is 13.1 Å². The normalized spacial score (nSPS) is 19.8. The molecule has 0 aliphatic carbocycles. The molecule has 0 saturated carbocycles. The molecule has 2 aromatic heterocycles. The van der Waals surface area contributed by atoms with Gasteiger partial charge in [0.15, 0.2) is 0 Å². The molecule has 2 fully saturated rings. The Morgan fingerprint density at radius 2 is 1.06 bits per heavy atom. The van der Waals surface area contributed by atoms with Gasteiger partial charge in [0.05, 0.1) is 35.9 Å². The molecule has 2 atom stereocenters. The summed E-state index contributed by atoms with van der Waals surface area (Å²) in [6, 6.07) is 17.4. The second-order valence-electron chi connectivity index (χ2n) is 9.07. The summed E-state index contributed by atoms with van der Waals surface area (Å²) in [5.74, 6) is 8.61. The number of rotatable bonds is 4. The Labute approximate surface area is 199 Å². The van der Waals surface area contributed by atoms with Gasteiger partial charge >= 0.3 is 0 Å². The predicted molar refractivity (Wildman–Crippen MR) is 134 cm³/mol. The van der Waals surface area contributed by atoms with Gasteiger partial charge in [-0.05, 0) is 74.2 Å². The van der Waals surface area contributed by atoms with Crippen molar-refractivity contribution in [2.45, 2.75) is 37.8 Å². The minimum Gasteiger partial charge on any atom is -0.341 e. The lowest BCUT2D eigenvalue weighted by atomic mass is 10.1. The zero-order valence-electron chi connectivity index (χ0n) is 19.1. The van der Waals surface area contributed by atoms with Crippen LogP contribution in [0.1, 0.15) is 60.5 Å². The van der Waals surface area contributed by atoms with Crippen LogP contribution in [0, 0.1) is 11.8 Å². The number of hydrogen-bond acceptors (Lipinski definition) is 4. The summed E-state index contributed by atoms with van der Waals surface area (Å²) >= 11 is 0. The average molecular weight is 449 g/mol. The fraction of sp³-hybridized carbons (Fsp3) is 0.286. The summed E-state index contributed by atoms with van der Waals surface area (Å²) in [7, 11) is 0. The Bertz CT molecular complexity index is 1210. The quantitative estimate of drug-likeness (QED) is 0.341. The van der Waals surface area contributed by atoms with Gasteiger partial charge in [-0.25, -0.2) is 9.97 Å². The van der Waals surface area contributed by atoms with Gasteiger partial charge in [-0.3, -0.25) is 0 Å². The molecule has 2 saturated heterocycles. The van der Waals surface area contributed by atoms with Gasteiger partial charge in [0, 0.05) is 11.1 Å². The summed E-state index contributed by atoms with van der Waals surface area (Å²) in [5, 5.41) is 6.97. The van der Waals surface area contributed by atoms with Gasteiger partial charge in [-0.2, -0.15) is 0 Å². The molecule has 6 heteroatoms. The van der Waals surface area contributed by atoms with Gasteiger partial charge in [0.1, 0.15) is 11.6 Å². The number of hydrogen-bond donors (Lipinski definition) is 4. The third kappa shape index (κ3) is 4.41. The molecule has 4 aromatic rings. The number of nitrogens with zero attached hydrogens (tertiary/aromatic N) is 2. The van der Waals surface area contributed by atoms with Crippen molar-refractivity contribution in [1.82, 2.24) is 30.6 Å². The molecule has 6 rings (SSSR count). The van der Waals surface area contributed by atoms with Crippen molar-refractivity contribution in [3.8, 4) is 34.4 Å². The maximum Gasteiger partial charge on any atom is 0.123 e. The van der Waals surface area contributed by atoms with E-state index in [1.54, 1.807) is 0 Å². The summed E-state index contributed by atoms with van der Waals surface area (Å²) in [4.78, 5) is 16.1. The van der Waals surface area contributed by atoms with Crippen molar-refractivity contribution in [2.24, 2.45) is 0 Å². The first kappa shape index (κ1) is 20.9. The van der Waals surface area contributed by atoms with Gasteiger partial charge in [0.25, 0.3) is 0 Å². The van der Waals surface area contributed by atoms with Crippen LogP contribution in [-0.4, -0.2) is 33.0 Å². The van der Waals surface area contributed by atoms with E-state index >= 15 is 0 Å². The fourth-order valence-corrected chi connectivity index (χ4v) is 4.77. The minimum absolute atomic E-state index is 0.352. The van der Waals surface area contributed by atoms with Crippen molar-refractivity contribution in [1.29, 1.82) is 0 Å². The van der Waals surface area contributed by atoms with E-state index in [-0.39, 0.29) is 0 Å². The zero-order chi connectivity index (χ0) is 22.7. The number of nitrogens with one attached hydrogen (secondary N) is 4. The van der Waals surface area contributed by atoms with Gasteiger partial charge in [-0.1, -0.05) is 36.1 Å². The first-order chi connectivity index (χ1) is 16.8. The van der Waals surface area contributed by atoms with Crippen molar-refractivity contribution in [3.05, 3.63) is 83.7 Å². The minimum atomic E-state index is 0.352. The molecule has 2 aliphatic heterocycles. The van der Waals surface area contributed by atoms with E-state index in [9.17, 15) is 0 Å². The number of aromatic amines is 2. The summed E-state index contributed by atoms with van der Waals surface area (Å²) in [6.45, 7) is 2.14. The van der Waals surface area contributed by atoms with Crippen molar-refractivity contribution in [3.63, 3.8) is 0 Å². The highest BCUT2D eigenvalue weighted by atomic mass is 15.0. The van der Waals surface area contributed by atoms with E-state index in [0.29, 0.717) is 12.1 Å². The SMILES string of the molecule is C(#Cc1ccc(-c2cnc(C3CCCN3)[nH]2)cc1)c1ccc(-c2cnc(C3CCCN3)[nH]2)cc1. The third-order valence-corrected chi connectivity index (χ3v) is 6.71. The Balaban J connectivity index is 1.12. The molecule has 2 aromatic carbocycles. The number of H-pyrrole nitrogens is 2. The van der Waals surface area contributed by atoms with E-state index in [0.717, 1.165) is 71.2 Å². The molecule has 4 heterocycles. The lowest BCUT2D eigenvalue weighted by molar-refractivity contribution is 0.613. The molecule has 2 aliphatic rings. The first-order valence-corrected chi connectivity index (χ1v) is 12.1. The van der Waals surface area contributed by atoms with Crippen LogP contribution >= 0.6 is 0 Å². The standard InChI is InChI=1S/C28H28N6/c1-3-23(29-15-1)27-31-17-25(33-27)21-11-7-19(8-12-21)5-6-20-9-13-22(14-10-20)26-18-32-28(34-26)24-4-2-16-30-24/h7-14,17-18,23-24,29-30H,1-4,15-16H2,(H,31,33)(H,32,34). The number of aromatic nitrogens is 4. The summed E-state index contributed by atoms with van der Waals surface area (Å²) in [6.07, 6.45) is 8.54. The Hall–Kier alpha value is -3.66. The zero-order valence-corrected chi connectivity index (χ0v) is 19.1. The number of imidazole rings is 2. The van der Waals surface area contributed by atoms with Crippen LogP contribution in [0.15, 0.2) is 60.9 Å². The maximum atomic E-state index is 4.57. The molecular formula is C28H28N6. The molecule has 0 radical (unpaired) electrons. The van der Waals surface area contributed by atoms with E-state index in [1.807, 2.05) is 12.4 Å². The van der Waals surface area contributed by atoms with Crippen LogP contribution in [0.4, 0.5) is 0 Å². The van der Waals surface area contributed by atoms with Crippen LogP contribution < -0.4 is 10.6 Å². The molecule has 0 bridgehead atoms.